The van der Waals surface area contributed by atoms with Crippen molar-refractivity contribution in [3.63, 3.8) is 0 Å². The fourth-order valence-corrected chi connectivity index (χ4v) is 2.54. The van der Waals surface area contributed by atoms with Crippen molar-refractivity contribution in [2.45, 2.75) is 31.6 Å². The Morgan fingerprint density at radius 3 is 2.47 bits per heavy atom. The van der Waals surface area contributed by atoms with Gasteiger partial charge >= 0.3 is 0 Å². The summed E-state index contributed by atoms with van der Waals surface area (Å²) in [7, 11) is 0. The molecule has 1 saturated carbocycles. The van der Waals surface area contributed by atoms with Crippen molar-refractivity contribution in [3.8, 4) is 11.5 Å². The van der Waals surface area contributed by atoms with Crippen molar-refractivity contribution in [3.05, 3.63) is 23.8 Å². The number of benzene rings is 1. The normalized spacial score (nSPS) is 23.9. The number of rotatable bonds is 2. The number of aromatic hydroxyl groups is 2. The molecule has 0 spiro atoms. The van der Waals surface area contributed by atoms with E-state index in [1.165, 1.54) is 25.1 Å². The van der Waals surface area contributed by atoms with Crippen LogP contribution in [0.3, 0.4) is 0 Å². The van der Waals surface area contributed by atoms with Crippen LogP contribution >= 0.6 is 0 Å². The SMILES string of the molecule is CC(=O)C1(c2ccc(O)c(O)c2)CCCC1=O. The highest BCUT2D eigenvalue weighted by Gasteiger charge is 2.47. The van der Waals surface area contributed by atoms with Gasteiger partial charge in [-0.15, -0.1) is 0 Å². The van der Waals surface area contributed by atoms with Crippen molar-refractivity contribution in [2.24, 2.45) is 0 Å². The molecule has 1 unspecified atom stereocenters. The van der Waals surface area contributed by atoms with E-state index in [4.69, 9.17) is 0 Å². The number of carbonyl (C=O) groups excluding carboxylic acids is 2. The fraction of sp³-hybridized carbons (Fsp3) is 0.385. The maximum absolute atomic E-state index is 12.0. The zero-order valence-electron chi connectivity index (χ0n) is 9.56. The van der Waals surface area contributed by atoms with E-state index in [9.17, 15) is 19.8 Å². The van der Waals surface area contributed by atoms with Crippen molar-refractivity contribution in [1.82, 2.24) is 0 Å². The molecule has 2 N–H and O–H groups in total. The molecule has 2 rings (SSSR count). The van der Waals surface area contributed by atoms with Crippen LogP contribution in [0, 0.1) is 0 Å². The Labute approximate surface area is 98.9 Å². The minimum Gasteiger partial charge on any atom is -0.504 e. The molecule has 0 saturated heterocycles. The predicted octanol–water partition coefficient (Wildman–Crippen LogP) is 1.68. The molecule has 1 fully saturated rings. The van der Waals surface area contributed by atoms with Gasteiger partial charge in [-0.05, 0) is 37.5 Å². The number of phenols is 2. The zero-order chi connectivity index (χ0) is 12.6. The topological polar surface area (TPSA) is 74.6 Å². The zero-order valence-corrected chi connectivity index (χ0v) is 9.56. The lowest BCUT2D eigenvalue weighted by atomic mass is 9.75. The van der Waals surface area contributed by atoms with Crippen LogP contribution < -0.4 is 0 Å². The third-order valence-corrected chi connectivity index (χ3v) is 3.50. The Morgan fingerprint density at radius 2 is 2.00 bits per heavy atom. The molecule has 0 aromatic heterocycles. The second-order valence-electron chi connectivity index (χ2n) is 4.44. The van der Waals surface area contributed by atoms with Gasteiger partial charge < -0.3 is 10.2 Å². The molecular weight excluding hydrogens is 220 g/mol. The Morgan fingerprint density at radius 1 is 1.29 bits per heavy atom. The van der Waals surface area contributed by atoms with Crippen LogP contribution in [-0.4, -0.2) is 21.8 Å². The summed E-state index contributed by atoms with van der Waals surface area (Å²) in [5, 5.41) is 18.7. The van der Waals surface area contributed by atoms with Crippen LogP contribution in [0.15, 0.2) is 18.2 Å². The first-order valence-electron chi connectivity index (χ1n) is 5.55. The molecule has 1 aliphatic rings. The van der Waals surface area contributed by atoms with Gasteiger partial charge in [0, 0.05) is 6.42 Å². The molecule has 0 aliphatic heterocycles. The Hall–Kier alpha value is -1.84. The van der Waals surface area contributed by atoms with Crippen LogP contribution in [-0.2, 0) is 15.0 Å². The van der Waals surface area contributed by atoms with Crippen LogP contribution in [0.4, 0.5) is 0 Å². The third-order valence-electron chi connectivity index (χ3n) is 3.50. The van der Waals surface area contributed by atoms with Crippen molar-refractivity contribution < 1.29 is 19.8 Å². The average molecular weight is 234 g/mol. The molecule has 0 radical (unpaired) electrons. The summed E-state index contributed by atoms with van der Waals surface area (Å²) in [6, 6.07) is 4.14. The highest BCUT2D eigenvalue weighted by Crippen LogP contribution is 2.41. The number of ketones is 2. The molecule has 1 atom stereocenters. The number of carbonyl (C=O) groups is 2. The first kappa shape index (κ1) is 11.6. The van der Waals surface area contributed by atoms with Crippen LogP contribution in [0.2, 0.25) is 0 Å². The summed E-state index contributed by atoms with van der Waals surface area (Å²) in [5.74, 6) is -0.860. The van der Waals surface area contributed by atoms with Crippen LogP contribution in [0.25, 0.3) is 0 Å². The van der Waals surface area contributed by atoms with Gasteiger partial charge in [0.2, 0.25) is 0 Å². The highest BCUT2D eigenvalue weighted by molar-refractivity contribution is 6.13. The lowest BCUT2D eigenvalue weighted by molar-refractivity contribution is -0.132. The van der Waals surface area contributed by atoms with Gasteiger partial charge in [0.1, 0.15) is 11.2 Å². The number of Topliss-reactive ketones (excluding diaryl/α,β-unsaturated/α-hetero) is 2. The first-order chi connectivity index (χ1) is 7.98. The van der Waals surface area contributed by atoms with Gasteiger partial charge in [0.25, 0.3) is 0 Å². The maximum Gasteiger partial charge on any atom is 0.157 e. The van der Waals surface area contributed by atoms with Gasteiger partial charge in [-0.25, -0.2) is 0 Å². The van der Waals surface area contributed by atoms with E-state index in [1.54, 1.807) is 0 Å². The smallest absolute Gasteiger partial charge is 0.157 e. The fourth-order valence-electron chi connectivity index (χ4n) is 2.54. The number of phenolic OH excluding ortho intramolecular Hbond substituents is 2. The van der Waals surface area contributed by atoms with E-state index < -0.39 is 5.41 Å². The molecule has 0 amide bonds. The Bertz CT molecular complexity index is 492. The van der Waals surface area contributed by atoms with E-state index in [0.29, 0.717) is 24.8 Å². The van der Waals surface area contributed by atoms with Gasteiger partial charge in [-0.3, -0.25) is 9.59 Å². The van der Waals surface area contributed by atoms with E-state index in [-0.39, 0.29) is 23.1 Å². The molecule has 0 bridgehead atoms. The van der Waals surface area contributed by atoms with Crippen LogP contribution in [0.5, 0.6) is 11.5 Å². The van der Waals surface area contributed by atoms with Gasteiger partial charge in [0.05, 0.1) is 0 Å². The Kier molecular flexibility index (Phi) is 2.65. The monoisotopic (exact) mass is 234 g/mol. The molecule has 90 valence electrons. The molecule has 4 nitrogen and oxygen atoms in total. The molecule has 1 aliphatic carbocycles. The molecular formula is C13H14O4. The van der Waals surface area contributed by atoms with Gasteiger partial charge in [-0.2, -0.15) is 0 Å². The molecule has 17 heavy (non-hydrogen) atoms. The summed E-state index contributed by atoms with van der Waals surface area (Å²) in [6.45, 7) is 1.40. The van der Waals surface area contributed by atoms with Crippen LogP contribution in [0.1, 0.15) is 31.7 Å². The van der Waals surface area contributed by atoms with E-state index in [1.807, 2.05) is 0 Å². The minimum absolute atomic E-state index is 0.102. The number of hydrogen-bond donors (Lipinski definition) is 2. The largest absolute Gasteiger partial charge is 0.504 e. The second-order valence-corrected chi connectivity index (χ2v) is 4.44. The lowest BCUT2D eigenvalue weighted by Crippen LogP contribution is -2.38. The number of hydrogen-bond acceptors (Lipinski definition) is 4. The molecule has 1 aromatic carbocycles. The molecule has 4 heteroatoms. The standard InChI is InChI=1S/C13H14O4/c1-8(14)13(6-2-3-12(13)17)9-4-5-10(15)11(16)7-9/h4-5,7,15-16H,2-3,6H2,1H3. The van der Waals surface area contributed by atoms with E-state index >= 15 is 0 Å². The predicted molar refractivity (Wildman–Crippen MR) is 61.0 cm³/mol. The lowest BCUT2D eigenvalue weighted by Gasteiger charge is -2.25. The molecule has 0 heterocycles. The average Bonchev–Trinajstić information content (AvgIpc) is 2.65. The van der Waals surface area contributed by atoms with Crippen molar-refractivity contribution >= 4 is 11.6 Å². The summed E-state index contributed by atoms with van der Waals surface area (Å²) < 4.78 is 0. The summed E-state index contributed by atoms with van der Waals surface area (Å²) in [6.07, 6.45) is 1.55. The second kappa shape index (κ2) is 3.87. The maximum atomic E-state index is 12.0. The van der Waals surface area contributed by atoms with E-state index in [0.717, 1.165) is 0 Å². The van der Waals surface area contributed by atoms with Crippen molar-refractivity contribution in [1.29, 1.82) is 0 Å². The molecule has 1 aromatic rings. The first-order valence-corrected chi connectivity index (χ1v) is 5.55. The highest BCUT2D eigenvalue weighted by atomic mass is 16.3. The quantitative estimate of drug-likeness (QED) is 0.603. The summed E-state index contributed by atoms with van der Waals surface area (Å²) in [4.78, 5) is 23.8. The van der Waals surface area contributed by atoms with Gasteiger partial charge in [-0.1, -0.05) is 6.07 Å². The summed E-state index contributed by atoms with van der Waals surface area (Å²) in [5.41, 5.74) is -0.645. The van der Waals surface area contributed by atoms with Crippen molar-refractivity contribution in [2.75, 3.05) is 0 Å². The van der Waals surface area contributed by atoms with Gasteiger partial charge in [0.15, 0.2) is 17.3 Å². The Balaban J connectivity index is 2.58. The third kappa shape index (κ3) is 1.60. The summed E-state index contributed by atoms with van der Waals surface area (Å²) >= 11 is 0. The minimum atomic E-state index is -1.12. The van der Waals surface area contributed by atoms with E-state index in [2.05, 4.69) is 0 Å².